The molecule has 1 aromatic carbocycles. The fraction of sp³-hybridized carbons (Fsp3) is 0.625. The second kappa shape index (κ2) is 6.42. The Hall–Kier alpha value is -0.970. The van der Waals surface area contributed by atoms with Gasteiger partial charge in [0.15, 0.2) is 11.5 Å². The summed E-state index contributed by atoms with van der Waals surface area (Å²) in [5.41, 5.74) is 1.02. The molecule has 1 N–H and O–H groups in total. The van der Waals surface area contributed by atoms with E-state index in [2.05, 4.69) is 12.2 Å². The molecule has 0 aliphatic carbocycles. The van der Waals surface area contributed by atoms with Gasteiger partial charge in [-0.1, -0.05) is 11.6 Å². The number of likely N-dealkylation sites (N-methyl/N-ethyl adjacent to an activating group) is 1. The van der Waals surface area contributed by atoms with Crippen LogP contribution in [-0.4, -0.2) is 32.5 Å². The zero-order chi connectivity index (χ0) is 14.8. The highest BCUT2D eigenvalue weighted by Crippen LogP contribution is 2.40. The van der Waals surface area contributed by atoms with Gasteiger partial charge in [-0.2, -0.15) is 0 Å². The van der Waals surface area contributed by atoms with Crippen LogP contribution in [0.15, 0.2) is 12.1 Å². The van der Waals surface area contributed by atoms with E-state index in [0.29, 0.717) is 24.3 Å². The molecule has 1 saturated heterocycles. The first kappa shape index (κ1) is 14.9. The van der Waals surface area contributed by atoms with Crippen molar-refractivity contribution in [1.29, 1.82) is 0 Å². The Morgan fingerprint density at radius 2 is 1.90 bits per heavy atom. The third kappa shape index (κ3) is 3.12. The minimum Gasteiger partial charge on any atom is -0.490 e. The summed E-state index contributed by atoms with van der Waals surface area (Å²) in [5, 5.41) is 4.03. The van der Waals surface area contributed by atoms with Gasteiger partial charge in [0.25, 0.3) is 0 Å². The SMILES string of the molecule is CNC(c1cc2c(cc1Cl)OCCCO2)C1CCC(C)O1. The van der Waals surface area contributed by atoms with Crippen molar-refractivity contribution >= 4 is 11.6 Å². The summed E-state index contributed by atoms with van der Waals surface area (Å²) in [7, 11) is 1.94. The highest BCUT2D eigenvalue weighted by Gasteiger charge is 2.31. The van der Waals surface area contributed by atoms with Crippen LogP contribution in [0, 0.1) is 0 Å². The predicted octanol–water partition coefficient (Wildman–Crippen LogP) is 3.33. The maximum Gasteiger partial charge on any atom is 0.162 e. The minimum atomic E-state index is 0.0691. The summed E-state index contributed by atoms with van der Waals surface area (Å²) in [6, 6.07) is 3.93. The van der Waals surface area contributed by atoms with Crippen molar-refractivity contribution < 1.29 is 14.2 Å². The molecule has 2 aliphatic rings. The maximum absolute atomic E-state index is 6.47. The van der Waals surface area contributed by atoms with Crippen molar-refractivity contribution in [2.24, 2.45) is 0 Å². The van der Waals surface area contributed by atoms with Gasteiger partial charge in [0.05, 0.1) is 31.5 Å². The zero-order valence-electron chi connectivity index (χ0n) is 12.5. The molecule has 0 radical (unpaired) electrons. The van der Waals surface area contributed by atoms with Crippen LogP contribution in [-0.2, 0) is 4.74 Å². The molecule has 0 amide bonds. The summed E-state index contributed by atoms with van der Waals surface area (Å²) in [6.45, 7) is 3.46. The highest BCUT2D eigenvalue weighted by atomic mass is 35.5. The molecule has 0 spiro atoms. The summed E-state index contributed by atoms with van der Waals surface area (Å²) in [6.07, 6.45) is 3.47. The van der Waals surface area contributed by atoms with Gasteiger partial charge in [0.2, 0.25) is 0 Å². The standard InChI is InChI=1S/C16H22ClNO3/c1-10-4-5-13(21-10)16(18-2)11-8-14-15(9-12(11)17)20-7-3-6-19-14/h8-10,13,16,18H,3-7H2,1-2H3. The van der Waals surface area contributed by atoms with Gasteiger partial charge in [-0.15, -0.1) is 0 Å². The van der Waals surface area contributed by atoms with Crippen LogP contribution < -0.4 is 14.8 Å². The van der Waals surface area contributed by atoms with Crippen molar-refractivity contribution in [1.82, 2.24) is 5.32 Å². The average Bonchev–Trinajstić information content (AvgIpc) is 2.76. The van der Waals surface area contributed by atoms with Crippen molar-refractivity contribution in [2.75, 3.05) is 20.3 Å². The first-order valence-corrected chi connectivity index (χ1v) is 7.98. The zero-order valence-corrected chi connectivity index (χ0v) is 13.3. The van der Waals surface area contributed by atoms with E-state index < -0.39 is 0 Å². The lowest BCUT2D eigenvalue weighted by atomic mass is 9.98. The summed E-state index contributed by atoms with van der Waals surface area (Å²) >= 11 is 6.47. The van der Waals surface area contributed by atoms with E-state index in [1.54, 1.807) is 0 Å². The molecule has 3 atom stereocenters. The number of fused-ring (bicyclic) bond motifs is 1. The average molecular weight is 312 g/mol. The monoisotopic (exact) mass is 311 g/mol. The molecule has 3 rings (SSSR count). The van der Waals surface area contributed by atoms with Crippen LogP contribution in [0.4, 0.5) is 0 Å². The first-order chi connectivity index (χ1) is 10.2. The second-order valence-corrected chi connectivity index (χ2v) is 6.11. The van der Waals surface area contributed by atoms with E-state index in [9.17, 15) is 0 Å². The predicted molar refractivity (Wildman–Crippen MR) is 82.4 cm³/mol. The molecule has 4 nitrogen and oxygen atoms in total. The van der Waals surface area contributed by atoms with Gasteiger partial charge in [0, 0.05) is 17.5 Å². The number of hydrogen-bond acceptors (Lipinski definition) is 4. The van der Waals surface area contributed by atoms with Gasteiger partial charge in [-0.25, -0.2) is 0 Å². The molecule has 116 valence electrons. The van der Waals surface area contributed by atoms with Gasteiger partial charge in [-0.3, -0.25) is 0 Å². The molecule has 0 aromatic heterocycles. The first-order valence-electron chi connectivity index (χ1n) is 7.61. The largest absolute Gasteiger partial charge is 0.490 e. The number of ether oxygens (including phenoxy) is 3. The van der Waals surface area contributed by atoms with Crippen LogP contribution in [0.25, 0.3) is 0 Å². The molecular weight excluding hydrogens is 290 g/mol. The third-order valence-corrected chi connectivity index (χ3v) is 4.48. The lowest BCUT2D eigenvalue weighted by molar-refractivity contribution is 0.0333. The van der Waals surface area contributed by atoms with Gasteiger partial charge in [-0.05, 0) is 38.4 Å². The quantitative estimate of drug-likeness (QED) is 0.929. The van der Waals surface area contributed by atoms with Gasteiger partial charge >= 0.3 is 0 Å². The van der Waals surface area contributed by atoms with E-state index in [1.807, 2.05) is 19.2 Å². The Kier molecular flexibility index (Phi) is 4.57. The molecule has 0 saturated carbocycles. The Morgan fingerprint density at radius 1 is 1.19 bits per heavy atom. The third-order valence-electron chi connectivity index (χ3n) is 4.15. The molecule has 1 fully saturated rings. The molecular formula is C16H22ClNO3. The topological polar surface area (TPSA) is 39.7 Å². The van der Waals surface area contributed by atoms with E-state index in [4.69, 9.17) is 25.8 Å². The van der Waals surface area contributed by atoms with E-state index in [0.717, 1.165) is 36.3 Å². The summed E-state index contributed by atoms with van der Waals surface area (Å²) < 4.78 is 17.4. The van der Waals surface area contributed by atoms with Crippen molar-refractivity contribution in [3.63, 3.8) is 0 Å². The van der Waals surface area contributed by atoms with Gasteiger partial charge in [0.1, 0.15) is 0 Å². The Morgan fingerprint density at radius 3 is 2.52 bits per heavy atom. The molecule has 0 bridgehead atoms. The second-order valence-electron chi connectivity index (χ2n) is 5.70. The Labute approximate surface area is 130 Å². The van der Waals surface area contributed by atoms with Gasteiger partial charge < -0.3 is 19.5 Å². The lowest BCUT2D eigenvalue weighted by Gasteiger charge is -2.25. The Balaban J connectivity index is 1.91. The van der Waals surface area contributed by atoms with E-state index in [1.165, 1.54) is 0 Å². The highest BCUT2D eigenvalue weighted by molar-refractivity contribution is 6.31. The number of rotatable bonds is 3. The van der Waals surface area contributed by atoms with Crippen LogP contribution in [0.1, 0.15) is 37.8 Å². The number of halogens is 1. The normalized spacial score (nSPS) is 26.4. The van der Waals surface area contributed by atoms with E-state index in [-0.39, 0.29) is 12.1 Å². The summed E-state index contributed by atoms with van der Waals surface area (Å²) in [5.74, 6) is 1.51. The lowest BCUT2D eigenvalue weighted by Crippen LogP contribution is -2.29. The van der Waals surface area contributed by atoms with Crippen LogP contribution in [0.3, 0.4) is 0 Å². The smallest absolute Gasteiger partial charge is 0.162 e. The minimum absolute atomic E-state index is 0.0691. The van der Waals surface area contributed by atoms with Crippen molar-refractivity contribution in [2.45, 2.75) is 44.4 Å². The molecule has 5 heteroatoms. The van der Waals surface area contributed by atoms with E-state index >= 15 is 0 Å². The van der Waals surface area contributed by atoms with Crippen molar-refractivity contribution in [3.8, 4) is 11.5 Å². The van der Waals surface area contributed by atoms with Crippen molar-refractivity contribution in [3.05, 3.63) is 22.7 Å². The molecule has 3 unspecified atom stereocenters. The molecule has 21 heavy (non-hydrogen) atoms. The van der Waals surface area contributed by atoms with Crippen LogP contribution in [0.5, 0.6) is 11.5 Å². The number of benzene rings is 1. The fourth-order valence-electron chi connectivity index (χ4n) is 3.06. The Bertz CT molecular complexity index is 509. The molecule has 1 aromatic rings. The summed E-state index contributed by atoms with van der Waals surface area (Å²) in [4.78, 5) is 0. The molecule has 2 heterocycles. The number of nitrogens with one attached hydrogen (secondary N) is 1. The fourth-order valence-corrected chi connectivity index (χ4v) is 3.33. The van der Waals surface area contributed by atoms with Crippen LogP contribution >= 0.6 is 11.6 Å². The maximum atomic E-state index is 6.47. The number of hydrogen-bond donors (Lipinski definition) is 1. The van der Waals surface area contributed by atoms with Crippen LogP contribution in [0.2, 0.25) is 5.02 Å². The molecule has 2 aliphatic heterocycles.